The van der Waals surface area contributed by atoms with E-state index in [1.807, 2.05) is 31.2 Å². The van der Waals surface area contributed by atoms with Crippen molar-refractivity contribution in [3.63, 3.8) is 0 Å². The van der Waals surface area contributed by atoms with Crippen molar-refractivity contribution in [1.82, 2.24) is 10.7 Å². The molecule has 0 atom stereocenters. The van der Waals surface area contributed by atoms with Crippen LogP contribution in [0.25, 0.3) is 10.8 Å². The first kappa shape index (κ1) is 28.6. The summed E-state index contributed by atoms with van der Waals surface area (Å²) in [6.45, 7) is 2.30. The van der Waals surface area contributed by atoms with Crippen LogP contribution in [0.4, 0.5) is 0 Å². The fourth-order valence-electron chi connectivity index (χ4n) is 3.70. The molecule has 0 aromatic heterocycles. The molecule has 0 saturated heterocycles. The number of nitrogens with zero attached hydrogens (tertiary/aromatic N) is 1. The number of hydrogen-bond donors (Lipinski definition) is 2. The summed E-state index contributed by atoms with van der Waals surface area (Å²) < 4.78 is 11.1. The highest BCUT2D eigenvalue weighted by Crippen LogP contribution is 2.29. The summed E-state index contributed by atoms with van der Waals surface area (Å²) in [6.07, 6.45) is 2.26. The third-order valence-electron chi connectivity index (χ3n) is 5.67. The van der Waals surface area contributed by atoms with E-state index in [9.17, 15) is 14.4 Å². The predicted molar refractivity (Wildman–Crippen MR) is 156 cm³/mol. The first-order valence-electron chi connectivity index (χ1n) is 12.4. The number of benzene rings is 4. The summed E-state index contributed by atoms with van der Waals surface area (Å²) in [5.41, 5.74) is 3.39. The maximum atomic E-state index is 12.8. The Bertz CT molecular complexity index is 1570. The van der Waals surface area contributed by atoms with Crippen LogP contribution in [-0.2, 0) is 4.79 Å². The fourth-order valence-corrected chi connectivity index (χ4v) is 4.19. The number of carbonyl (C=O) groups is 3. The van der Waals surface area contributed by atoms with E-state index in [1.165, 1.54) is 24.4 Å². The van der Waals surface area contributed by atoms with E-state index >= 15 is 0 Å². The van der Waals surface area contributed by atoms with Gasteiger partial charge in [-0.3, -0.25) is 9.59 Å². The Kier molecular flexibility index (Phi) is 9.72. The van der Waals surface area contributed by atoms with Gasteiger partial charge in [0.2, 0.25) is 0 Å². The first-order valence-corrected chi connectivity index (χ1v) is 13.1. The van der Waals surface area contributed by atoms with Crippen LogP contribution in [0.15, 0.2) is 84.0 Å². The topological polar surface area (TPSA) is 106 Å². The van der Waals surface area contributed by atoms with Gasteiger partial charge in [-0.1, -0.05) is 60.5 Å². The second-order valence-electron chi connectivity index (χ2n) is 8.56. The molecule has 8 nitrogen and oxygen atoms in total. The summed E-state index contributed by atoms with van der Waals surface area (Å²) in [5.74, 6) is -0.750. The SMILES string of the molecule is CCCOc1ccc(C(=O)NCC(=O)NN=Cc2c(OC(=O)c3ccc(Cl)cc3Cl)ccc3ccccc23)cc1. The summed E-state index contributed by atoms with van der Waals surface area (Å²) in [6, 6.07) is 22.0. The zero-order chi connectivity index (χ0) is 28.5. The number of ether oxygens (including phenoxy) is 2. The minimum atomic E-state index is -0.677. The summed E-state index contributed by atoms with van der Waals surface area (Å²) in [4.78, 5) is 37.6. The second kappa shape index (κ2) is 13.6. The van der Waals surface area contributed by atoms with E-state index < -0.39 is 17.8 Å². The number of hydrogen-bond acceptors (Lipinski definition) is 6. The smallest absolute Gasteiger partial charge is 0.345 e. The second-order valence-corrected chi connectivity index (χ2v) is 9.40. The van der Waals surface area contributed by atoms with Crippen LogP contribution in [0, 0.1) is 0 Å². The highest BCUT2D eigenvalue weighted by Gasteiger charge is 2.16. The van der Waals surface area contributed by atoms with Gasteiger partial charge in [-0.2, -0.15) is 5.10 Å². The molecule has 4 rings (SSSR count). The lowest BCUT2D eigenvalue weighted by atomic mass is 10.0. The number of amides is 2. The molecular formula is C30H25Cl2N3O5. The van der Waals surface area contributed by atoms with Gasteiger partial charge in [0.05, 0.1) is 30.0 Å². The molecule has 0 bridgehead atoms. The molecule has 4 aromatic carbocycles. The highest BCUT2D eigenvalue weighted by molar-refractivity contribution is 6.36. The third-order valence-corrected chi connectivity index (χ3v) is 6.21. The molecule has 0 heterocycles. The number of hydrazone groups is 1. The van der Waals surface area contributed by atoms with E-state index in [4.69, 9.17) is 32.7 Å². The van der Waals surface area contributed by atoms with Gasteiger partial charge in [0.15, 0.2) is 0 Å². The fraction of sp³-hybridized carbons (Fsp3) is 0.133. The molecule has 0 aliphatic rings. The van der Waals surface area contributed by atoms with Crippen molar-refractivity contribution in [2.45, 2.75) is 13.3 Å². The Morgan fingerprint density at radius 1 is 0.950 bits per heavy atom. The quantitative estimate of drug-likeness (QED) is 0.103. The average Bonchev–Trinajstić information content (AvgIpc) is 2.96. The highest BCUT2D eigenvalue weighted by atomic mass is 35.5. The lowest BCUT2D eigenvalue weighted by molar-refractivity contribution is -0.120. The number of esters is 1. The summed E-state index contributed by atoms with van der Waals surface area (Å²) in [5, 5.41) is 8.74. The molecule has 0 fully saturated rings. The number of fused-ring (bicyclic) bond motifs is 1. The Morgan fingerprint density at radius 2 is 1.73 bits per heavy atom. The lowest BCUT2D eigenvalue weighted by Gasteiger charge is -2.11. The molecule has 0 aliphatic heterocycles. The molecule has 0 unspecified atom stereocenters. The molecule has 0 saturated carbocycles. The number of rotatable bonds is 10. The maximum Gasteiger partial charge on any atom is 0.345 e. The summed E-state index contributed by atoms with van der Waals surface area (Å²) >= 11 is 12.1. The number of nitrogens with one attached hydrogen (secondary N) is 2. The summed E-state index contributed by atoms with van der Waals surface area (Å²) in [7, 11) is 0. The van der Waals surface area contributed by atoms with Crippen molar-refractivity contribution >= 4 is 58.0 Å². The van der Waals surface area contributed by atoms with Crippen LogP contribution in [0.3, 0.4) is 0 Å². The lowest BCUT2D eigenvalue weighted by Crippen LogP contribution is -2.34. The van der Waals surface area contributed by atoms with Gasteiger partial charge in [0.25, 0.3) is 11.8 Å². The van der Waals surface area contributed by atoms with Crippen molar-refractivity contribution < 1.29 is 23.9 Å². The molecule has 0 aliphatic carbocycles. The third kappa shape index (κ3) is 7.37. The molecule has 2 amide bonds. The van der Waals surface area contributed by atoms with E-state index in [0.29, 0.717) is 28.5 Å². The Balaban J connectivity index is 1.42. The normalized spacial score (nSPS) is 10.9. The predicted octanol–water partition coefficient (Wildman–Crippen LogP) is 6.03. The molecule has 40 heavy (non-hydrogen) atoms. The number of halogens is 2. The van der Waals surface area contributed by atoms with Crippen molar-refractivity contribution in [3.8, 4) is 11.5 Å². The van der Waals surface area contributed by atoms with Crippen molar-refractivity contribution in [2.75, 3.05) is 13.2 Å². The standard InChI is InChI=1S/C30H25Cl2N3O5/c1-2-15-39-22-11-7-20(8-12-22)29(37)33-18-28(36)35-34-17-25-23-6-4-3-5-19(23)9-14-27(25)40-30(38)24-13-10-21(31)16-26(24)32/h3-14,16-17H,2,15,18H2,1H3,(H,33,37)(H,35,36). The Morgan fingerprint density at radius 3 is 2.48 bits per heavy atom. The monoisotopic (exact) mass is 577 g/mol. The number of carbonyl (C=O) groups excluding carboxylic acids is 3. The molecule has 0 spiro atoms. The van der Waals surface area contributed by atoms with E-state index in [2.05, 4.69) is 15.8 Å². The van der Waals surface area contributed by atoms with Crippen LogP contribution in [-0.4, -0.2) is 37.1 Å². The zero-order valence-electron chi connectivity index (χ0n) is 21.4. The Hall–Kier alpha value is -4.40. The van der Waals surface area contributed by atoms with Crippen molar-refractivity contribution in [2.24, 2.45) is 5.10 Å². The van der Waals surface area contributed by atoms with Gasteiger partial charge >= 0.3 is 5.97 Å². The molecule has 10 heteroatoms. The van der Waals surface area contributed by atoms with E-state index in [1.54, 1.807) is 36.4 Å². The molecule has 204 valence electrons. The van der Waals surface area contributed by atoms with E-state index in [-0.39, 0.29) is 22.9 Å². The van der Waals surface area contributed by atoms with Gasteiger partial charge in [-0.05, 0) is 65.7 Å². The van der Waals surface area contributed by atoms with Crippen LogP contribution in [0.5, 0.6) is 11.5 Å². The van der Waals surface area contributed by atoms with Gasteiger partial charge in [-0.15, -0.1) is 0 Å². The van der Waals surface area contributed by atoms with Crippen LogP contribution in [0.1, 0.15) is 39.6 Å². The van der Waals surface area contributed by atoms with Crippen LogP contribution < -0.4 is 20.2 Å². The van der Waals surface area contributed by atoms with Gasteiger partial charge in [0.1, 0.15) is 11.5 Å². The molecule has 4 aromatic rings. The van der Waals surface area contributed by atoms with E-state index in [0.717, 1.165) is 17.2 Å². The van der Waals surface area contributed by atoms with Crippen LogP contribution in [0.2, 0.25) is 10.0 Å². The molecule has 0 radical (unpaired) electrons. The maximum absolute atomic E-state index is 12.8. The van der Waals surface area contributed by atoms with Gasteiger partial charge in [0, 0.05) is 16.1 Å². The zero-order valence-corrected chi connectivity index (χ0v) is 23.0. The molecular weight excluding hydrogens is 553 g/mol. The van der Waals surface area contributed by atoms with Crippen LogP contribution >= 0.6 is 23.2 Å². The largest absolute Gasteiger partial charge is 0.494 e. The minimum Gasteiger partial charge on any atom is -0.494 e. The van der Waals surface area contributed by atoms with Crippen molar-refractivity contribution in [1.29, 1.82) is 0 Å². The first-order chi connectivity index (χ1) is 19.4. The Labute approximate surface area is 240 Å². The van der Waals surface area contributed by atoms with Gasteiger partial charge < -0.3 is 14.8 Å². The minimum absolute atomic E-state index is 0.147. The average molecular weight is 578 g/mol. The molecule has 2 N–H and O–H groups in total. The van der Waals surface area contributed by atoms with Gasteiger partial charge in [-0.25, -0.2) is 10.2 Å². The van der Waals surface area contributed by atoms with Crippen molar-refractivity contribution in [3.05, 3.63) is 106 Å².